The van der Waals surface area contributed by atoms with Crippen LogP contribution in [0.1, 0.15) is 25.3 Å². The van der Waals surface area contributed by atoms with E-state index in [9.17, 15) is 9.90 Å². The number of nitrogens with two attached hydrogens (primary N) is 1. The van der Waals surface area contributed by atoms with Crippen LogP contribution in [0.4, 0.5) is 0 Å². The molecule has 6 heteroatoms. The Morgan fingerprint density at radius 3 is 2.40 bits per heavy atom. The van der Waals surface area contributed by atoms with Gasteiger partial charge in [-0.2, -0.15) is 0 Å². The molecule has 1 amide bonds. The first-order valence-electron chi connectivity index (χ1n) is 6.26. The molecular weight excluding hydrogens is 258 g/mol. The van der Waals surface area contributed by atoms with Gasteiger partial charge in [0.25, 0.3) is 0 Å². The van der Waals surface area contributed by atoms with Crippen LogP contribution in [0.15, 0.2) is 35.5 Å². The summed E-state index contributed by atoms with van der Waals surface area (Å²) in [5.41, 5.74) is 5.56. The number of aliphatic hydroxyl groups is 1. The van der Waals surface area contributed by atoms with Crippen molar-refractivity contribution in [2.45, 2.75) is 25.3 Å². The van der Waals surface area contributed by atoms with Crippen LogP contribution in [-0.4, -0.2) is 46.1 Å². The molecule has 0 fully saturated rings. The summed E-state index contributed by atoms with van der Waals surface area (Å²) in [6.45, 7) is 3.28. The van der Waals surface area contributed by atoms with Gasteiger partial charge >= 0.3 is 0 Å². The van der Waals surface area contributed by atoms with E-state index < -0.39 is 11.5 Å². The lowest BCUT2D eigenvalue weighted by Crippen LogP contribution is -2.51. The second-order valence-electron chi connectivity index (χ2n) is 5.24. The van der Waals surface area contributed by atoms with E-state index in [1.54, 1.807) is 45.2 Å². The van der Waals surface area contributed by atoms with E-state index in [0.29, 0.717) is 5.56 Å². The Kier molecular flexibility index (Phi) is 5.10. The highest BCUT2D eigenvalue weighted by Gasteiger charge is 2.34. The van der Waals surface area contributed by atoms with E-state index in [2.05, 4.69) is 5.16 Å². The maximum atomic E-state index is 12.6. The first-order valence-corrected chi connectivity index (χ1v) is 6.26. The molecule has 0 saturated carbocycles. The predicted octanol–water partition coefficient (Wildman–Crippen LogP) is 0.746. The van der Waals surface area contributed by atoms with Gasteiger partial charge in [0.2, 0.25) is 5.91 Å². The Morgan fingerprint density at radius 1 is 1.40 bits per heavy atom. The molecule has 1 atom stereocenters. The van der Waals surface area contributed by atoms with Gasteiger partial charge in [0, 0.05) is 7.05 Å². The molecule has 4 N–H and O–H groups in total. The molecule has 0 radical (unpaired) electrons. The van der Waals surface area contributed by atoms with Crippen molar-refractivity contribution < 1.29 is 15.1 Å². The highest BCUT2D eigenvalue weighted by atomic mass is 16.4. The smallest absolute Gasteiger partial charge is 0.238 e. The number of oxime groups is 1. The number of hydrogen-bond acceptors (Lipinski definition) is 4. The quantitative estimate of drug-likeness (QED) is 0.320. The van der Waals surface area contributed by atoms with Crippen molar-refractivity contribution >= 4 is 11.7 Å². The van der Waals surface area contributed by atoms with Crippen LogP contribution in [-0.2, 0) is 4.79 Å². The van der Waals surface area contributed by atoms with Crippen molar-refractivity contribution in [1.29, 1.82) is 0 Å². The van der Waals surface area contributed by atoms with Crippen molar-refractivity contribution in [3.05, 3.63) is 35.9 Å². The van der Waals surface area contributed by atoms with Crippen LogP contribution in [0.5, 0.6) is 0 Å². The number of benzene rings is 1. The molecule has 1 aromatic carbocycles. The van der Waals surface area contributed by atoms with E-state index >= 15 is 0 Å². The molecule has 0 aromatic heterocycles. The molecular formula is C14H21N3O3. The molecule has 0 aliphatic carbocycles. The fourth-order valence-corrected chi connectivity index (χ4v) is 1.74. The van der Waals surface area contributed by atoms with Crippen LogP contribution in [0.3, 0.4) is 0 Å². The lowest BCUT2D eigenvalue weighted by Gasteiger charge is -2.36. The summed E-state index contributed by atoms with van der Waals surface area (Å²) in [6.07, 6.45) is 0. The fraction of sp³-hybridized carbons (Fsp3) is 0.429. The molecule has 6 nitrogen and oxygen atoms in total. The lowest BCUT2D eigenvalue weighted by molar-refractivity contribution is -0.136. The maximum Gasteiger partial charge on any atom is 0.238 e. The number of aliphatic hydroxyl groups excluding tert-OH is 1. The average Bonchev–Trinajstić information content (AvgIpc) is 2.47. The molecule has 1 unspecified atom stereocenters. The van der Waals surface area contributed by atoms with Gasteiger partial charge in [-0.25, -0.2) is 0 Å². The summed E-state index contributed by atoms with van der Waals surface area (Å²) >= 11 is 0. The van der Waals surface area contributed by atoms with Crippen LogP contribution in [0, 0.1) is 0 Å². The molecule has 0 heterocycles. The number of rotatable bonds is 5. The fourth-order valence-electron chi connectivity index (χ4n) is 1.74. The minimum Gasteiger partial charge on any atom is -0.409 e. The predicted molar refractivity (Wildman–Crippen MR) is 76.5 cm³/mol. The summed E-state index contributed by atoms with van der Waals surface area (Å²) in [5.74, 6) is -1.40. The van der Waals surface area contributed by atoms with Gasteiger partial charge in [-0.15, -0.1) is 0 Å². The number of amidine groups is 1. The van der Waals surface area contributed by atoms with Crippen molar-refractivity contribution in [2.75, 3.05) is 13.7 Å². The number of likely N-dealkylation sites (N-methyl/N-ethyl adjacent to an activating group) is 1. The number of hydrogen-bond donors (Lipinski definition) is 3. The van der Waals surface area contributed by atoms with Gasteiger partial charge in [-0.1, -0.05) is 35.5 Å². The van der Waals surface area contributed by atoms with Gasteiger partial charge < -0.3 is 20.9 Å². The minimum atomic E-state index is -0.878. The number of amides is 1. The van der Waals surface area contributed by atoms with Crippen molar-refractivity contribution in [3.63, 3.8) is 0 Å². The van der Waals surface area contributed by atoms with Crippen molar-refractivity contribution in [3.8, 4) is 0 Å². The third kappa shape index (κ3) is 3.27. The molecule has 1 aromatic rings. The number of nitrogens with zero attached hydrogens (tertiary/aromatic N) is 2. The average molecular weight is 279 g/mol. The third-order valence-corrected chi connectivity index (χ3v) is 3.42. The van der Waals surface area contributed by atoms with Gasteiger partial charge in [-0.05, 0) is 19.4 Å². The van der Waals surface area contributed by atoms with E-state index in [1.807, 2.05) is 6.07 Å². The second-order valence-corrected chi connectivity index (χ2v) is 5.24. The first kappa shape index (κ1) is 16.0. The highest BCUT2D eigenvalue weighted by molar-refractivity contribution is 6.07. The van der Waals surface area contributed by atoms with Gasteiger partial charge in [-0.3, -0.25) is 4.79 Å². The Balaban J connectivity index is 3.17. The van der Waals surface area contributed by atoms with E-state index in [0.717, 1.165) is 0 Å². The summed E-state index contributed by atoms with van der Waals surface area (Å²) in [7, 11) is 1.58. The summed E-state index contributed by atoms with van der Waals surface area (Å²) in [4.78, 5) is 14.0. The SMILES string of the molecule is CN(C(=O)C(/C(N)=N/O)c1ccccc1)C(C)(C)CO. The Morgan fingerprint density at radius 2 is 1.95 bits per heavy atom. The zero-order chi connectivity index (χ0) is 15.3. The Bertz CT molecular complexity index is 486. The highest BCUT2D eigenvalue weighted by Crippen LogP contribution is 2.22. The normalized spacial score (nSPS) is 13.9. The van der Waals surface area contributed by atoms with Crippen LogP contribution in [0.25, 0.3) is 0 Å². The Hall–Kier alpha value is -2.08. The molecule has 0 aliphatic rings. The molecule has 20 heavy (non-hydrogen) atoms. The topological polar surface area (TPSA) is 99.2 Å². The standard InChI is InChI=1S/C14H21N3O3/c1-14(2,9-18)17(3)13(19)11(12(15)16-20)10-7-5-4-6-8-10/h4-8,11,18,20H,9H2,1-3H3,(H2,15,16). The molecule has 0 saturated heterocycles. The number of carbonyl (C=O) groups excluding carboxylic acids is 1. The van der Waals surface area contributed by atoms with E-state index in [1.165, 1.54) is 4.90 Å². The van der Waals surface area contributed by atoms with Crippen molar-refractivity contribution in [2.24, 2.45) is 10.9 Å². The molecule has 1 rings (SSSR count). The number of carbonyl (C=O) groups is 1. The van der Waals surface area contributed by atoms with Gasteiger partial charge in [0.1, 0.15) is 5.92 Å². The molecule has 0 aliphatic heterocycles. The van der Waals surface area contributed by atoms with Crippen LogP contribution < -0.4 is 5.73 Å². The van der Waals surface area contributed by atoms with Crippen LogP contribution >= 0.6 is 0 Å². The van der Waals surface area contributed by atoms with Gasteiger partial charge in [0.05, 0.1) is 12.1 Å². The Labute approximate surface area is 118 Å². The largest absolute Gasteiger partial charge is 0.409 e. The first-order chi connectivity index (χ1) is 9.35. The van der Waals surface area contributed by atoms with Crippen LogP contribution in [0.2, 0.25) is 0 Å². The zero-order valence-corrected chi connectivity index (χ0v) is 11.9. The minimum absolute atomic E-state index is 0.179. The maximum absolute atomic E-state index is 12.6. The zero-order valence-electron chi connectivity index (χ0n) is 11.9. The van der Waals surface area contributed by atoms with E-state index in [4.69, 9.17) is 10.9 Å². The van der Waals surface area contributed by atoms with Gasteiger partial charge in [0.15, 0.2) is 5.84 Å². The summed E-state index contributed by atoms with van der Waals surface area (Å²) in [6, 6.07) is 8.84. The summed E-state index contributed by atoms with van der Waals surface area (Å²) in [5, 5.41) is 21.2. The van der Waals surface area contributed by atoms with Crippen molar-refractivity contribution in [1.82, 2.24) is 4.90 Å². The van der Waals surface area contributed by atoms with E-state index in [-0.39, 0.29) is 18.3 Å². The molecule has 110 valence electrons. The molecule has 0 bridgehead atoms. The second kappa shape index (κ2) is 6.38. The lowest BCUT2D eigenvalue weighted by atomic mass is 9.94. The third-order valence-electron chi connectivity index (χ3n) is 3.42. The summed E-state index contributed by atoms with van der Waals surface area (Å²) < 4.78 is 0. The monoisotopic (exact) mass is 279 g/mol. The molecule has 0 spiro atoms.